The maximum absolute atomic E-state index is 2.30. The van der Waals surface area contributed by atoms with Gasteiger partial charge in [0.05, 0.1) is 0 Å². The Morgan fingerprint density at radius 1 is 1.71 bits per heavy atom. The first-order valence-electron chi connectivity index (χ1n) is 3.43. The molecule has 0 N–H and O–H groups in total. The minimum atomic E-state index is 1.10. The number of hydrogen-bond acceptors (Lipinski definition) is 0. The maximum Gasteiger partial charge on any atom is 0.120 e. The van der Waals surface area contributed by atoms with Gasteiger partial charge in [-0.3, -0.25) is 0 Å². The van der Waals surface area contributed by atoms with Crippen LogP contribution in [0.2, 0.25) is 12.6 Å². The predicted octanol–water partition coefficient (Wildman–Crippen LogP) is 1.69. The standard InChI is InChI=1S/C6H13B/c1-2-6-3-4-7-5-6/h6-7H,2-5H2,1H3. The molecule has 7 heavy (non-hydrogen) atoms. The summed E-state index contributed by atoms with van der Waals surface area (Å²) in [6.45, 7) is 2.30. The van der Waals surface area contributed by atoms with E-state index in [4.69, 9.17) is 0 Å². The molecule has 1 atom stereocenters. The lowest BCUT2D eigenvalue weighted by atomic mass is 9.76. The molecule has 0 spiro atoms. The molecule has 0 nitrogen and oxygen atoms in total. The van der Waals surface area contributed by atoms with Gasteiger partial charge in [-0.05, 0) is 5.92 Å². The first-order chi connectivity index (χ1) is 3.43. The highest BCUT2D eigenvalue weighted by Gasteiger charge is 2.12. The van der Waals surface area contributed by atoms with Crippen LogP contribution in [0.1, 0.15) is 19.8 Å². The molecular weight excluding hydrogens is 82.9 g/mol. The van der Waals surface area contributed by atoms with E-state index in [9.17, 15) is 0 Å². The maximum atomic E-state index is 2.30. The monoisotopic (exact) mass is 96.1 g/mol. The average molecular weight is 96.0 g/mol. The van der Waals surface area contributed by atoms with E-state index >= 15 is 0 Å². The van der Waals surface area contributed by atoms with E-state index in [0.717, 1.165) is 5.92 Å². The van der Waals surface area contributed by atoms with Crippen molar-refractivity contribution in [2.75, 3.05) is 0 Å². The zero-order chi connectivity index (χ0) is 5.11. The van der Waals surface area contributed by atoms with Gasteiger partial charge in [0.1, 0.15) is 7.28 Å². The van der Waals surface area contributed by atoms with Crippen molar-refractivity contribution in [3.05, 3.63) is 0 Å². The average Bonchev–Trinajstić information content (AvgIpc) is 2.14. The van der Waals surface area contributed by atoms with Crippen LogP contribution >= 0.6 is 0 Å². The molecule has 1 unspecified atom stereocenters. The molecule has 40 valence electrons. The Kier molecular flexibility index (Phi) is 1.78. The molecule has 1 rings (SSSR count). The fourth-order valence-electron chi connectivity index (χ4n) is 1.42. The van der Waals surface area contributed by atoms with Crippen LogP contribution in [0.15, 0.2) is 0 Å². The molecule has 0 aromatic heterocycles. The van der Waals surface area contributed by atoms with Crippen LogP contribution < -0.4 is 0 Å². The lowest BCUT2D eigenvalue weighted by molar-refractivity contribution is 0.569. The van der Waals surface area contributed by atoms with Crippen LogP contribution in [0.3, 0.4) is 0 Å². The summed E-state index contributed by atoms with van der Waals surface area (Å²) >= 11 is 0. The fourth-order valence-corrected chi connectivity index (χ4v) is 1.42. The van der Waals surface area contributed by atoms with Crippen LogP contribution in [0, 0.1) is 5.92 Å². The van der Waals surface area contributed by atoms with Crippen molar-refractivity contribution >= 4 is 7.28 Å². The van der Waals surface area contributed by atoms with Gasteiger partial charge in [0.2, 0.25) is 0 Å². The zero-order valence-corrected chi connectivity index (χ0v) is 5.11. The molecule has 0 aromatic carbocycles. The Hall–Kier alpha value is 0.0649. The second kappa shape index (κ2) is 2.39. The predicted molar refractivity (Wildman–Crippen MR) is 35.2 cm³/mol. The molecule has 0 saturated carbocycles. The summed E-state index contributed by atoms with van der Waals surface area (Å²) in [6.07, 6.45) is 5.94. The van der Waals surface area contributed by atoms with Crippen LogP contribution in [0.5, 0.6) is 0 Å². The van der Waals surface area contributed by atoms with Gasteiger partial charge in [0.15, 0.2) is 0 Å². The quantitative estimate of drug-likeness (QED) is 0.435. The molecule has 0 aliphatic carbocycles. The van der Waals surface area contributed by atoms with Crippen molar-refractivity contribution in [2.24, 2.45) is 5.92 Å². The Morgan fingerprint density at radius 2 is 2.57 bits per heavy atom. The molecule has 1 fully saturated rings. The SMILES string of the molecule is CCC1CBCC1. The lowest BCUT2D eigenvalue weighted by Crippen LogP contribution is -1.87. The molecular formula is C6H13B. The molecule has 1 saturated heterocycles. The third kappa shape index (κ3) is 1.22. The summed E-state index contributed by atoms with van der Waals surface area (Å²) in [5, 5.41) is 0. The van der Waals surface area contributed by atoms with Crippen LogP contribution in [-0.4, -0.2) is 7.28 Å². The van der Waals surface area contributed by atoms with Gasteiger partial charge in [-0.25, -0.2) is 0 Å². The van der Waals surface area contributed by atoms with Crippen molar-refractivity contribution in [1.29, 1.82) is 0 Å². The van der Waals surface area contributed by atoms with Crippen molar-refractivity contribution in [3.8, 4) is 0 Å². The van der Waals surface area contributed by atoms with Gasteiger partial charge in [0, 0.05) is 0 Å². The van der Waals surface area contributed by atoms with E-state index < -0.39 is 0 Å². The fraction of sp³-hybridized carbons (Fsp3) is 1.00. The number of hydrogen-bond donors (Lipinski definition) is 0. The van der Waals surface area contributed by atoms with E-state index in [1.165, 1.54) is 32.8 Å². The number of rotatable bonds is 1. The van der Waals surface area contributed by atoms with Gasteiger partial charge in [-0.1, -0.05) is 32.4 Å². The second-order valence-corrected chi connectivity index (χ2v) is 2.56. The smallest absolute Gasteiger partial charge is 0.0772 e. The molecule has 0 radical (unpaired) electrons. The highest BCUT2D eigenvalue weighted by atomic mass is 14.1. The Morgan fingerprint density at radius 3 is 2.86 bits per heavy atom. The van der Waals surface area contributed by atoms with Crippen LogP contribution in [-0.2, 0) is 0 Å². The summed E-state index contributed by atoms with van der Waals surface area (Å²) in [5.41, 5.74) is 0. The topological polar surface area (TPSA) is 0 Å². The zero-order valence-electron chi connectivity index (χ0n) is 5.11. The molecule has 0 aromatic rings. The summed E-state index contributed by atoms with van der Waals surface area (Å²) in [7, 11) is 1.50. The molecule has 0 bridgehead atoms. The van der Waals surface area contributed by atoms with Gasteiger partial charge in [-0.2, -0.15) is 0 Å². The van der Waals surface area contributed by atoms with Gasteiger partial charge < -0.3 is 0 Å². The highest BCUT2D eigenvalue weighted by Crippen LogP contribution is 2.22. The molecule has 1 heteroatoms. The van der Waals surface area contributed by atoms with Crippen molar-refractivity contribution in [3.63, 3.8) is 0 Å². The van der Waals surface area contributed by atoms with Crippen molar-refractivity contribution < 1.29 is 0 Å². The van der Waals surface area contributed by atoms with E-state index in [-0.39, 0.29) is 0 Å². The second-order valence-electron chi connectivity index (χ2n) is 2.56. The third-order valence-electron chi connectivity index (χ3n) is 2.05. The van der Waals surface area contributed by atoms with E-state index in [2.05, 4.69) is 6.92 Å². The lowest BCUT2D eigenvalue weighted by Gasteiger charge is -2.00. The Labute approximate surface area is 46.5 Å². The Bertz CT molecular complexity index is 46.1. The molecule has 1 aliphatic heterocycles. The first-order valence-corrected chi connectivity index (χ1v) is 3.43. The van der Waals surface area contributed by atoms with E-state index in [1.807, 2.05) is 0 Å². The highest BCUT2D eigenvalue weighted by molar-refractivity contribution is 6.36. The summed E-state index contributed by atoms with van der Waals surface area (Å²) < 4.78 is 0. The van der Waals surface area contributed by atoms with Crippen LogP contribution in [0.25, 0.3) is 0 Å². The van der Waals surface area contributed by atoms with E-state index in [1.54, 1.807) is 0 Å². The van der Waals surface area contributed by atoms with E-state index in [0.29, 0.717) is 0 Å². The minimum Gasteiger partial charge on any atom is -0.0772 e. The summed E-state index contributed by atoms with van der Waals surface area (Å²) in [4.78, 5) is 0. The molecule has 1 aliphatic rings. The molecule has 0 amide bonds. The summed E-state index contributed by atoms with van der Waals surface area (Å²) in [5.74, 6) is 1.10. The molecule has 1 heterocycles. The van der Waals surface area contributed by atoms with Gasteiger partial charge >= 0.3 is 0 Å². The normalized spacial score (nSPS) is 30.1. The summed E-state index contributed by atoms with van der Waals surface area (Å²) in [6, 6.07) is 0. The van der Waals surface area contributed by atoms with Gasteiger partial charge in [0.25, 0.3) is 0 Å². The van der Waals surface area contributed by atoms with Crippen molar-refractivity contribution in [1.82, 2.24) is 0 Å². The minimum absolute atomic E-state index is 1.10. The van der Waals surface area contributed by atoms with Gasteiger partial charge in [-0.15, -0.1) is 0 Å². The Balaban J connectivity index is 2.14. The largest absolute Gasteiger partial charge is 0.120 e. The third-order valence-corrected chi connectivity index (χ3v) is 2.05. The van der Waals surface area contributed by atoms with Crippen LogP contribution in [0.4, 0.5) is 0 Å². The van der Waals surface area contributed by atoms with Crippen molar-refractivity contribution in [2.45, 2.75) is 32.4 Å². The first kappa shape index (κ1) is 5.21.